The highest BCUT2D eigenvalue weighted by atomic mass is 16.3. The minimum Gasteiger partial charge on any atom is -0.465 e. The molecule has 2 aromatic rings. The van der Waals surface area contributed by atoms with E-state index < -0.39 is 0 Å². The molecule has 0 spiro atoms. The molecule has 2 heterocycles. The number of aryl methyl sites for hydroxylation is 3. The molecule has 0 aliphatic carbocycles. The largest absolute Gasteiger partial charge is 0.465 e. The molecule has 1 unspecified atom stereocenters. The Kier molecular flexibility index (Phi) is 3.87. The number of nitrogens with zero attached hydrogens (tertiary/aromatic N) is 2. The number of aromatic nitrogens is 2. The van der Waals surface area contributed by atoms with Crippen LogP contribution in [0.1, 0.15) is 35.9 Å². The van der Waals surface area contributed by atoms with Gasteiger partial charge >= 0.3 is 0 Å². The number of hydrogen-bond donors (Lipinski definition) is 1. The van der Waals surface area contributed by atoms with E-state index in [1.54, 1.807) is 0 Å². The molecule has 0 radical (unpaired) electrons. The third-order valence-electron chi connectivity index (χ3n) is 3.26. The smallest absolute Gasteiger partial charge is 0.121 e. The average molecular weight is 247 g/mol. The quantitative estimate of drug-likeness (QED) is 0.882. The normalized spacial score (nSPS) is 12.9. The Morgan fingerprint density at radius 2 is 2.22 bits per heavy atom. The first-order valence-corrected chi connectivity index (χ1v) is 6.39. The highest BCUT2D eigenvalue weighted by Gasteiger charge is 2.16. The van der Waals surface area contributed by atoms with Crippen LogP contribution in [0.15, 0.2) is 22.6 Å². The van der Waals surface area contributed by atoms with Crippen LogP contribution in [-0.4, -0.2) is 16.8 Å². The van der Waals surface area contributed by atoms with Gasteiger partial charge in [-0.2, -0.15) is 5.10 Å². The molecule has 0 bridgehead atoms. The Morgan fingerprint density at radius 3 is 2.72 bits per heavy atom. The minimum atomic E-state index is 0.193. The number of rotatable bonds is 5. The molecule has 0 saturated carbocycles. The lowest BCUT2D eigenvalue weighted by molar-refractivity contribution is 0.409. The van der Waals surface area contributed by atoms with Crippen molar-refractivity contribution in [1.29, 1.82) is 0 Å². The van der Waals surface area contributed by atoms with Gasteiger partial charge in [0.2, 0.25) is 0 Å². The van der Waals surface area contributed by atoms with Gasteiger partial charge in [0.25, 0.3) is 0 Å². The number of nitrogens with one attached hydrogen (secondary N) is 1. The SMILES string of the molecule is CCc1cc(CC(NC)c2ccc(C)o2)n(C)n1. The average Bonchev–Trinajstić information content (AvgIpc) is 2.93. The van der Waals surface area contributed by atoms with Crippen LogP contribution in [0, 0.1) is 6.92 Å². The molecule has 1 N–H and O–H groups in total. The Labute approximate surface area is 108 Å². The molecule has 0 aliphatic rings. The van der Waals surface area contributed by atoms with Gasteiger partial charge in [-0.1, -0.05) is 6.92 Å². The molecule has 0 aromatic carbocycles. The summed E-state index contributed by atoms with van der Waals surface area (Å²) in [5.74, 6) is 1.93. The van der Waals surface area contributed by atoms with E-state index in [0.717, 1.165) is 30.1 Å². The van der Waals surface area contributed by atoms with Gasteiger partial charge < -0.3 is 9.73 Å². The van der Waals surface area contributed by atoms with Crippen LogP contribution < -0.4 is 5.32 Å². The van der Waals surface area contributed by atoms with Crippen molar-refractivity contribution < 1.29 is 4.42 Å². The Morgan fingerprint density at radius 1 is 1.44 bits per heavy atom. The van der Waals surface area contributed by atoms with Crippen molar-refractivity contribution in [2.24, 2.45) is 7.05 Å². The zero-order valence-electron chi connectivity index (χ0n) is 11.5. The molecule has 18 heavy (non-hydrogen) atoms. The van der Waals surface area contributed by atoms with Gasteiger partial charge in [-0.15, -0.1) is 0 Å². The molecular formula is C14H21N3O. The van der Waals surface area contributed by atoms with Crippen LogP contribution >= 0.6 is 0 Å². The lowest BCUT2D eigenvalue weighted by Gasteiger charge is -2.13. The van der Waals surface area contributed by atoms with Crippen LogP contribution in [0.2, 0.25) is 0 Å². The van der Waals surface area contributed by atoms with Crippen LogP contribution in [0.25, 0.3) is 0 Å². The topological polar surface area (TPSA) is 43.0 Å². The molecule has 0 aliphatic heterocycles. The number of furan rings is 1. The van der Waals surface area contributed by atoms with Crippen LogP contribution in [0.5, 0.6) is 0 Å². The molecule has 98 valence electrons. The monoisotopic (exact) mass is 247 g/mol. The van der Waals surface area contributed by atoms with Gasteiger partial charge in [0, 0.05) is 19.2 Å². The second-order valence-corrected chi connectivity index (χ2v) is 4.60. The summed E-state index contributed by atoms with van der Waals surface area (Å²) in [6.45, 7) is 4.09. The molecule has 1 atom stereocenters. The highest BCUT2D eigenvalue weighted by molar-refractivity contribution is 5.16. The number of likely N-dealkylation sites (N-methyl/N-ethyl adjacent to an activating group) is 1. The van der Waals surface area contributed by atoms with Crippen molar-refractivity contribution >= 4 is 0 Å². The summed E-state index contributed by atoms with van der Waals surface area (Å²) in [5.41, 5.74) is 2.36. The van der Waals surface area contributed by atoms with E-state index in [-0.39, 0.29) is 6.04 Å². The number of hydrogen-bond acceptors (Lipinski definition) is 3. The first kappa shape index (κ1) is 12.9. The van der Waals surface area contributed by atoms with E-state index in [1.807, 2.05) is 37.8 Å². The van der Waals surface area contributed by atoms with E-state index in [0.29, 0.717) is 0 Å². The van der Waals surface area contributed by atoms with Gasteiger partial charge in [-0.3, -0.25) is 4.68 Å². The lowest BCUT2D eigenvalue weighted by atomic mass is 10.1. The third kappa shape index (κ3) is 2.64. The first-order chi connectivity index (χ1) is 8.63. The van der Waals surface area contributed by atoms with Gasteiger partial charge in [0.05, 0.1) is 11.7 Å². The van der Waals surface area contributed by atoms with Crippen molar-refractivity contribution in [3.8, 4) is 0 Å². The molecule has 0 amide bonds. The minimum absolute atomic E-state index is 0.193. The summed E-state index contributed by atoms with van der Waals surface area (Å²) in [4.78, 5) is 0. The maximum atomic E-state index is 5.69. The van der Waals surface area contributed by atoms with Crippen molar-refractivity contribution in [3.05, 3.63) is 41.1 Å². The first-order valence-electron chi connectivity index (χ1n) is 6.39. The summed E-state index contributed by atoms with van der Waals surface area (Å²) in [7, 11) is 3.95. The van der Waals surface area contributed by atoms with Crippen molar-refractivity contribution in [2.75, 3.05) is 7.05 Å². The van der Waals surface area contributed by atoms with Gasteiger partial charge in [0.15, 0.2) is 0 Å². The van der Waals surface area contributed by atoms with E-state index in [9.17, 15) is 0 Å². The van der Waals surface area contributed by atoms with Crippen LogP contribution in [0.3, 0.4) is 0 Å². The fourth-order valence-corrected chi connectivity index (χ4v) is 2.13. The fraction of sp³-hybridized carbons (Fsp3) is 0.500. The van der Waals surface area contributed by atoms with Gasteiger partial charge in [-0.05, 0) is 38.6 Å². The standard InChI is InChI=1S/C14H21N3O/c1-5-11-8-12(17(4)16-11)9-13(15-3)14-7-6-10(2)18-14/h6-8,13,15H,5,9H2,1-4H3. The molecule has 2 aromatic heterocycles. The molecule has 0 fully saturated rings. The van der Waals surface area contributed by atoms with Crippen molar-refractivity contribution in [1.82, 2.24) is 15.1 Å². The maximum absolute atomic E-state index is 5.69. The second kappa shape index (κ2) is 5.40. The van der Waals surface area contributed by atoms with E-state index in [4.69, 9.17) is 4.42 Å². The van der Waals surface area contributed by atoms with Gasteiger partial charge in [-0.25, -0.2) is 0 Å². The second-order valence-electron chi connectivity index (χ2n) is 4.60. The lowest BCUT2D eigenvalue weighted by Crippen LogP contribution is -2.19. The Balaban J connectivity index is 2.17. The van der Waals surface area contributed by atoms with E-state index >= 15 is 0 Å². The molecule has 4 heteroatoms. The Hall–Kier alpha value is -1.55. The predicted molar refractivity (Wildman–Crippen MR) is 71.5 cm³/mol. The molecule has 2 rings (SSSR count). The zero-order chi connectivity index (χ0) is 13.1. The Bertz CT molecular complexity index is 513. The van der Waals surface area contributed by atoms with Crippen LogP contribution in [0.4, 0.5) is 0 Å². The van der Waals surface area contributed by atoms with Gasteiger partial charge in [0.1, 0.15) is 11.5 Å². The zero-order valence-corrected chi connectivity index (χ0v) is 11.5. The van der Waals surface area contributed by atoms with Crippen molar-refractivity contribution in [2.45, 2.75) is 32.7 Å². The molecule has 0 saturated heterocycles. The highest BCUT2D eigenvalue weighted by Crippen LogP contribution is 2.20. The molecule has 4 nitrogen and oxygen atoms in total. The third-order valence-corrected chi connectivity index (χ3v) is 3.26. The van der Waals surface area contributed by atoms with Crippen LogP contribution in [-0.2, 0) is 19.9 Å². The maximum Gasteiger partial charge on any atom is 0.121 e. The summed E-state index contributed by atoms with van der Waals surface area (Å²) in [6.07, 6.45) is 1.85. The fourth-order valence-electron chi connectivity index (χ4n) is 2.13. The summed E-state index contributed by atoms with van der Waals surface area (Å²) in [5, 5.41) is 7.77. The summed E-state index contributed by atoms with van der Waals surface area (Å²) < 4.78 is 7.65. The van der Waals surface area contributed by atoms with Crippen molar-refractivity contribution in [3.63, 3.8) is 0 Å². The molecular weight excluding hydrogens is 226 g/mol. The summed E-state index contributed by atoms with van der Waals surface area (Å²) in [6, 6.07) is 6.40. The summed E-state index contributed by atoms with van der Waals surface area (Å²) >= 11 is 0. The van der Waals surface area contributed by atoms with E-state index in [1.165, 1.54) is 5.69 Å². The predicted octanol–water partition coefficient (Wildman–Crippen LogP) is 2.39. The van der Waals surface area contributed by atoms with E-state index in [2.05, 4.69) is 23.4 Å².